The van der Waals surface area contributed by atoms with Gasteiger partial charge in [-0.05, 0) is 38.7 Å². The Morgan fingerprint density at radius 1 is 1.44 bits per heavy atom. The third-order valence-electron chi connectivity index (χ3n) is 3.35. The minimum absolute atomic E-state index is 0.0450. The average molecular weight is 251 g/mol. The number of aliphatic hydroxyl groups excluding tert-OH is 1. The summed E-state index contributed by atoms with van der Waals surface area (Å²) in [5.41, 5.74) is 0.650. The van der Waals surface area contributed by atoms with Crippen LogP contribution in [0.25, 0.3) is 0 Å². The molecule has 1 heterocycles. The van der Waals surface area contributed by atoms with E-state index in [2.05, 4.69) is 10.3 Å². The number of pyridine rings is 1. The molecule has 1 aromatic rings. The summed E-state index contributed by atoms with van der Waals surface area (Å²) in [5.74, 6) is 0.335. The lowest BCUT2D eigenvalue weighted by Crippen LogP contribution is -2.28. The first-order valence-corrected chi connectivity index (χ1v) is 6.12. The van der Waals surface area contributed by atoms with Crippen molar-refractivity contribution in [3.05, 3.63) is 27.9 Å². The van der Waals surface area contributed by atoms with E-state index in [0.29, 0.717) is 11.4 Å². The minimum Gasteiger partial charge on any atom is -0.393 e. The molecule has 2 N–H and O–H groups in total. The Kier molecular flexibility index (Phi) is 3.76. The molecule has 0 unspecified atom stereocenters. The molecule has 1 fully saturated rings. The second-order valence-corrected chi connectivity index (χ2v) is 4.73. The Balaban J connectivity index is 2.14. The second kappa shape index (κ2) is 5.30. The lowest BCUT2D eigenvalue weighted by Gasteiger charge is -2.26. The number of hydrogen-bond acceptors (Lipinski definition) is 5. The summed E-state index contributed by atoms with van der Waals surface area (Å²) in [4.78, 5) is 14.7. The first-order chi connectivity index (χ1) is 8.58. The molecule has 18 heavy (non-hydrogen) atoms. The van der Waals surface area contributed by atoms with Crippen molar-refractivity contribution in [2.24, 2.45) is 0 Å². The first kappa shape index (κ1) is 12.8. The van der Waals surface area contributed by atoms with Gasteiger partial charge in [-0.25, -0.2) is 4.98 Å². The fourth-order valence-corrected chi connectivity index (χ4v) is 2.30. The van der Waals surface area contributed by atoms with Gasteiger partial charge in [0.25, 0.3) is 0 Å². The highest BCUT2D eigenvalue weighted by Gasteiger charge is 2.24. The predicted octanol–water partition coefficient (Wildman–Crippen LogP) is 2.01. The monoisotopic (exact) mass is 251 g/mol. The standard InChI is InChI=1S/C12H17N3O3/c1-8-6-7-13-12(11(8)15(17)18)14-9-2-4-10(16)5-3-9/h6-7,9-10,16H,2-5H2,1H3,(H,13,14). The molecule has 0 bridgehead atoms. The number of hydrogen-bond donors (Lipinski definition) is 2. The van der Waals surface area contributed by atoms with Gasteiger partial charge in [0.2, 0.25) is 5.82 Å². The van der Waals surface area contributed by atoms with E-state index in [4.69, 9.17) is 0 Å². The van der Waals surface area contributed by atoms with Crippen molar-refractivity contribution in [2.75, 3.05) is 5.32 Å². The van der Waals surface area contributed by atoms with E-state index in [-0.39, 0.29) is 17.8 Å². The molecule has 0 radical (unpaired) electrons. The first-order valence-electron chi connectivity index (χ1n) is 6.12. The highest BCUT2D eigenvalue weighted by atomic mass is 16.6. The zero-order valence-electron chi connectivity index (χ0n) is 10.3. The third-order valence-corrected chi connectivity index (χ3v) is 3.35. The van der Waals surface area contributed by atoms with Crippen molar-refractivity contribution in [2.45, 2.75) is 44.8 Å². The van der Waals surface area contributed by atoms with Crippen molar-refractivity contribution in [1.29, 1.82) is 0 Å². The Bertz CT molecular complexity index is 442. The summed E-state index contributed by atoms with van der Waals surface area (Å²) >= 11 is 0. The fraction of sp³-hybridized carbons (Fsp3) is 0.583. The van der Waals surface area contributed by atoms with Gasteiger partial charge < -0.3 is 10.4 Å². The quantitative estimate of drug-likeness (QED) is 0.633. The molecule has 2 rings (SSSR count). The van der Waals surface area contributed by atoms with Crippen LogP contribution in [0.2, 0.25) is 0 Å². The molecule has 0 aliphatic heterocycles. The fourth-order valence-electron chi connectivity index (χ4n) is 2.30. The van der Waals surface area contributed by atoms with Crippen LogP contribution in [0.1, 0.15) is 31.2 Å². The van der Waals surface area contributed by atoms with Gasteiger partial charge in [0.05, 0.1) is 11.0 Å². The molecule has 1 saturated carbocycles. The second-order valence-electron chi connectivity index (χ2n) is 4.73. The van der Waals surface area contributed by atoms with Crippen molar-refractivity contribution in [3.63, 3.8) is 0 Å². The number of aromatic nitrogens is 1. The Labute approximate surface area is 105 Å². The number of aryl methyl sites for hydroxylation is 1. The van der Waals surface area contributed by atoms with Crippen LogP contribution < -0.4 is 5.32 Å². The van der Waals surface area contributed by atoms with E-state index in [9.17, 15) is 15.2 Å². The average Bonchev–Trinajstić information content (AvgIpc) is 2.32. The molecule has 6 nitrogen and oxygen atoms in total. The van der Waals surface area contributed by atoms with E-state index >= 15 is 0 Å². The van der Waals surface area contributed by atoms with Crippen molar-refractivity contribution < 1.29 is 10.0 Å². The zero-order chi connectivity index (χ0) is 13.1. The molecule has 0 saturated heterocycles. The van der Waals surface area contributed by atoms with E-state index < -0.39 is 4.92 Å². The zero-order valence-corrected chi connectivity index (χ0v) is 10.3. The molecular formula is C12H17N3O3. The SMILES string of the molecule is Cc1ccnc(NC2CCC(O)CC2)c1[N+](=O)[O-]. The Hall–Kier alpha value is -1.69. The van der Waals surface area contributed by atoms with Crippen LogP contribution in [0.3, 0.4) is 0 Å². The highest BCUT2D eigenvalue weighted by Crippen LogP contribution is 2.28. The van der Waals surface area contributed by atoms with Gasteiger partial charge in [0.1, 0.15) is 0 Å². The van der Waals surface area contributed by atoms with Gasteiger partial charge in [0, 0.05) is 17.8 Å². The molecule has 98 valence electrons. The van der Waals surface area contributed by atoms with Crippen LogP contribution >= 0.6 is 0 Å². The Morgan fingerprint density at radius 2 is 2.11 bits per heavy atom. The van der Waals surface area contributed by atoms with Crippen molar-refractivity contribution in [1.82, 2.24) is 4.98 Å². The summed E-state index contributed by atoms with van der Waals surface area (Å²) in [5, 5.41) is 23.6. The molecule has 0 amide bonds. The predicted molar refractivity (Wildman–Crippen MR) is 67.5 cm³/mol. The summed E-state index contributed by atoms with van der Waals surface area (Å²) < 4.78 is 0. The van der Waals surface area contributed by atoms with Crippen molar-refractivity contribution >= 4 is 11.5 Å². The van der Waals surface area contributed by atoms with Gasteiger partial charge in [0.15, 0.2) is 0 Å². The smallest absolute Gasteiger partial charge is 0.314 e. The molecular weight excluding hydrogens is 234 g/mol. The topological polar surface area (TPSA) is 88.3 Å². The van der Waals surface area contributed by atoms with Crippen LogP contribution in [0.4, 0.5) is 11.5 Å². The van der Waals surface area contributed by atoms with Gasteiger partial charge in [-0.15, -0.1) is 0 Å². The van der Waals surface area contributed by atoms with Crippen molar-refractivity contribution in [3.8, 4) is 0 Å². The highest BCUT2D eigenvalue weighted by molar-refractivity contribution is 5.60. The van der Waals surface area contributed by atoms with Crippen LogP contribution in [0.15, 0.2) is 12.3 Å². The maximum atomic E-state index is 11.0. The molecule has 1 aromatic heterocycles. The Morgan fingerprint density at radius 3 is 2.72 bits per heavy atom. The lowest BCUT2D eigenvalue weighted by molar-refractivity contribution is -0.384. The molecule has 1 aliphatic rings. The maximum Gasteiger partial charge on any atom is 0.314 e. The van der Waals surface area contributed by atoms with Gasteiger partial charge >= 0.3 is 5.69 Å². The summed E-state index contributed by atoms with van der Waals surface area (Å²) in [6.07, 6.45) is 4.43. The number of anilines is 1. The molecule has 0 aromatic carbocycles. The summed E-state index contributed by atoms with van der Waals surface area (Å²) in [7, 11) is 0. The minimum atomic E-state index is -0.400. The van der Waals surface area contributed by atoms with Gasteiger partial charge in [-0.3, -0.25) is 10.1 Å². The normalized spacial score (nSPS) is 23.7. The van der Waals surface area contributed by atoms with Gasteiger partial charge in [-0.1, -0.05) is 0 Å². The van der Waals surface area contributed by atoms with E-state index in [1.54, 1.807) is 19.2 Å². The number of nitrogens with zero attached hydrogens (tertiary/aromatic N) is 2. The number of nitro groups is 1. The van der Waals surface area contributed by atoms with E-state index in [0.717, 1.165) is 25.7 Å². The summed E-state index contributed by atoms with van der Waals surface area (Å²) in [6.45, 7) is 1.70. The molecule has 0 spiro atoms. The summed E-state index contributed by atoms with van der Waals surface area (Å²) in [6, 6.07) is 1.79. The number of nitrogens with one attached hydrogen (secondary N) is 1. The van der Waals surface area contributed by atoms with Gasteiger partial charge in [-0.2, -0.15) is 0 Å². The number of rotatable bonds is 3. The van der Waals surface area contributed by atoms with Crippen LogP contribution in [-0.2, 0) is 0 Å². The van der Waals surface area contributed by atoms with Crippen LogP contribution in [0.5, 0.6) is 0 Å². The van der Waals surface area contributed by atoms with E-state index in [1.165, 1.54) is 0 Å². The number of aliphatic hydroxyl groups is 1. The van der Waals surface area contributed by atoms with Crippen LogP contribution in [0, 0.1) is 17.0 Å². The lowest BCUT2D eigenvalue weighted by atomic mass is 9.93. The molecule has 1 aliphatic carbocycles. The largest absolute Gasteiger partial charge is 0.393 e. The van der Waals surface area contributed by atoms with Crippen LogP contribution in [-0.4, -0.2) is 27.2 Å². The molecule has 0 atom stereocenters. The third kappa shape index (κ3) is 2.76. The maximum absolute atomic E-state index is 11.0. The molecule has 6 heteroatoms. The van der Waals surface area contributed by atoms with E-state index in [1.807, 2.05) is 0 Å².